The van der Waals surface area contributed by atoms with E-state index in [1.807, 2.05) is 0 Å². The summed E-state index contributed by atoms with van der Waals surface area (Å²) < 4.78 is 56.6. The lowest BCUT2D eigenvalue weighted by atomic mass is 9.77. The van der Waals surface area contributed by atoms with Crippen LogP contribution in [0.5, 0.6) is 0 Å². The summed E-state index contributed by atoms with van der Waals surface area (Å²) in [5.41, 5.74) is -0.958. The molecule has 1 aliphatic heterocycles. The first-order valence-electron chi connectivity index (χ1n) is 11.4. The van der Waals surface area contributed by atoms with E-state index in [0.717, 1.165) is 31.2 Å². The molecule has 1 aromatic carbocycles. The number of hydrogen-bond acceptors (Lipinski definition) is 8. The van der Waals surface area contributed by atoms with Gasteiger partial charge in [0, 0.05) is 35.4 Å². The Labute approximate surface area is 206 Å². The Morgan fingerprint density at radius 3 is 2.28 bits per heavy atom. The molecule has 0 spiro atoms. The van der Waals surface area contributed by atoms with E-state index in [4.69, 9.17) is 0 Å². The Kier molecular flexibility index (Phi) is 6.40. The molecular weight excluding hydrogens is 478 g/mol. The van der Waals surface area contributed by atoms with Crippen LogP contribution in [-0.4, -0.2) is 59.2 Å². The number of piperidine rings is 1. The van der Waals surface area contributed by atoms with Crippen LogP contribution in [0.3, 0.4) is 0 Å². The van der Waals surface area contributed by atoms with E-state index in [-0.39, 0.29) is 46.0 Å². The number of nitrogens with one attached hydrogen (secondary N) is 2. The van der Waals surface area contributed by atoms with Crippen molar-refractivity contribution in [1.29, 1.82) is 0 Å². The molecule has 0 unspecified atom stereocenters. The molecule has 194 valence electrons. The number of aryl methyl sites for hydroxylation is 1. The van der Waals surface area contributed by atoms with Crippen molar-refractivity contribution < 1.29 is 17.6 Å². The third-order valence-electron chi connectivity index (χ3n) is 6.79. The fourth-order valence-corrected chi connectivity index (χ4v) is 4.79. The molecule has 1 fully saturated rings. The highest BCUT2D eigenvalue weighted by Gasteiger charge is 2.43. The Morgan fingerprint density at radius 1 is 1.03 bits per heavy atom. The number of nitrogens with zero attached hydrogens (tertiary/aromatic N) is 7. The molecule has 0 aliphatic carbocycles. The second-order valence-corrected chi connectivity index (χ2v) is 10.4. The minimum atomic E-state index is -4.61. The van der Waals surface area contributed by atoms with E-state index in [1.165, 1.54) is 17.8 Å². The van der Waals surface area contributed by atoms with Crippen molar-refractivity contribution in [2.24, 2.45) is 7.05 Å². The van der Waals surface area contributed by atoms with Gasteiger partial charge < -0.3 is 10.6 Å². The van der Waals surface area contributed by atoms with Crippen molar-refractivity contribution in [2.75, 3.05) is 17.7 Å². The van der Waals surface area contributed by atoms with Crippen LogP contribution >= 0.6 is 0 Å². The van der Waals surface area contributed by atoms with Gasteiger partial charge in [0.1, 0.15) is 0 Å². The lowest BCUT2D eigenvalue weighted by Crippen LogP contribution is -2.61. The van der Waals surface area contributed by atoms with Crippen LogP contribution < -0.4 is 10.6 Å². The van der Waals surface area contributed by atoms with Gasteiger partial charge in [0.25, 0.3) is 0 Å². The van der Waals surface area contributed by atoms with Gasteiger partial charge in [-0.3, -0.25) is 4.90 Å². The molecule has 0 amide bonds. The summed E-state index contributed by atoms with van der Waals surface area (Å²) in [6, 6.07) is 3.27. The molecule has 0 atom stereocenters. The summed E-state index contributed by atoms with van der Waals surface area (Å²) in [4.78, 5) is 10.5. The third kappa shape index (κ3) is 5.25. The summed E-state index contributed by atoms with van der Waals surface area (Å²) in [6.07, 6.45) is -2.11. The minimum Gasteiger partial charge on any atom is -0.365 e. The third-order valence-corrected chi connectivity index (χ3v) is 6.79. The normalized spacial score (nSPS) is 18.3. The van der Waals surface area contributed by atoms with Crippen LogP contribution in [0.1, 0.15) is 46.1 Å². The second-order valence-electron chi connectivity index (χ2n) is 10.4. The van der Waals surface area contributed by atoms with E-state index >= 15 is 0 Å². The Bertz CT molecular complexity index is 1230. The van der Waals surface area contributed by atoms with E-state index in [1.54, 1.807) is 0 Å². The van der Waals surface area contributed by atoms with Gasteiger partial charge in [-0.1, -0.05) is 0 Å². The van der Waals surface area contributed by atoms with Gasteiger partial charge in [0.15, 0.2) is 17.5 Å². The Morgan fingerprint density at radius 2 is 1.69 bits per heavy atom. The van der Waals surface area contributed by atoms with Crippen LogP contribution in [0.4, 0.5) is 35.0 Å². The Hall–Kier alpha value is -3.35. The molecule has 36 heavy (non-hydrogen) atoms. The molecule has 2 aromatic heterocycles. The van der Waals surface area contributed by atoms with Crippen molar-refractivity contribution in [1.82, 2.24) is 35.1 Å². The quantitative estimate of drug-likeness (QED) is 0.483. The first-order chi connectivity index (χ1) is 16.7. The van der Waals surface area contributed by atoms with Crippen molar-refractivity contribution in [3.8, 4) is 11.4 Å². The van der Waals surface area contributed by atoms with Crippen LogP contribution in [0.25, 0.3) is 11.4 Å². The maximum atomic E-state index is 14.6. The zero-order valence-electron chi connectivity index (χ0n) is 20.9. The summed E-state index contributed by atoms with van der Waals surface area (Å²) in [5.74, 6) is -0.561. The van der Waals surface area contributed by atoms with Gasteiger partial charge in [-0.2, -0.15) is 18.2 Å². The van der Waals surface area contributed by atoms with E-state index in [9.17, 15) is 17.6 Å². The predicted octanol–water partition coefficient (Wildman–Crippen LogP) is 4.63. The molecule has 4 rings (SSSR count). The first kappa shape index (κ1) is 25.7. The fourth-order valence-electron chi connectivity index (χ4n) is 4.79. The van der Waals surface area contributed by atoms with Crippen molar-refractivity contribution in [2.45, 2.75) is 63.8 Å². The average molecular weight is 508 g/mol. The standard InChI is InChI=1S/C23H29F4N9/c1-21(2)10-16(11-22(3,4)36(21)6)29-18-17(24)12-28-20(31-18)30-15-8-13(19-32-33-34-35(19)5)7-14(9-15)23(25,26)27/h7-9,12,16H,10-11H2,1-6H3,(H2,28,29,30,31). The van der Waals surface area contributed by atoms with Crippen LogP contribution in [-0.2, 0) is 13.2 Å². The maximum Gasteiger partial charge on any atom is 0.416 e. The van der Waals surface area contributed by atoms with Gasteiger partial charge in [-0.25, -0.2) is 14.1 Å². The molecular formula is C23H29F4N9. The van der Waals surface area contributed by atoms with Gasteiger partial charge in [-0.05, 0) is 76.2 Å². The van der Waals surface area contributed by atoms with Crippen molar-refractivity contribution in [3.05, 3.63) is 35.8 Å². The highest BCUT2D eigenvalue weighted by Crippen LogP contribution is 2.38. The van der Waals surface area contributed by atoms with Gasteiger partial charge in [0.05, 0.1) is 11.8 Å². The topological polar surface area (TPSA) is 96.7 Å². The summed E-state index contributed by atoms with van der Waals surface area (Å²) in [7, 11) is 3.60. The number of alkyl halides is 3. The molecule has 1 saturated heterocycles. The summed E-state index contributed by atoms with van der Waals surface area (Å²) in [6.45, 7) is 8.51. The number of aromatic nitrogens is 6. The van der Waals surface area contributed by atoms with Crippen LogP contribution in [0.2, 0.25) is 0 Å². The highest BCUT2D eigenvalue weighted by atomic mass is 19.4. The molecule has 9 nitrogen and oxygen atoms in total. The zero-order chi connectivity index (χ0) is 26.5. The monoisotopic (exact) mass is 507 g/mol. The minimum absolute atomic E-state index is 0.0154. The number of anilines is 3. The maximum absolute atomic E-state index is 14.6. The van der Waals surface area contributed by atoms with E-state index in [2.05, 4.69) is 75.8 Å². The lowest BCUT2D eigenvalue weighted by molar-refractivity contribution is -0.137. The molecule has 0 saturated carbocycles. The second kappa shape index (κ2) is 8.95. The molecule has 3 heterocycles. The molecule has 1 aliphatic rings. The van der Waals surface area contributed by atoms with Crippen molar-refractivity contribution in [3.63, 3.8) is 0 Å². The number of rotatable bonds is 5. The molecule has 13 heteroatoms. The van der Waals surface area contributed by atoms with Gasteiger partial charge in [-0.15, -0.1) is 5.10 Å². The number of likely N-dealkylation sites (tertiary alicyclic amines) is 1. The number of benzene rings is 1. The SMILES string of the molecule is CN1C(C)(C)CC(Nc2nc(Nc3cc(-c4nnnn4C)cc(C(F)(F)F)c3)ncc2F)CC1(C)C. The number of hydrogen-bond donors (Lipinski definition) is 2. The predicted molar refractivity (Wildman–Crippen MR) is 127 cm³/mol. The molecule has 3 aromatic rings. The lowest BCUT2D eigenvalue weighted by Gasteiger charge is -2.53. The van der Waals surface area contributed by atoms with Crippen molar-refractivity contribution >= 4 is 17.5 Å². The Balaban J connectivity index is 1.62. The molecule has 0 radical (unpaired) electrons. The van der Waals surface area contributed by atoms with Gasteiger partial charge in [0.2, 0.25) is 5.95 Å². The average Bonchev–Trinajstić information content (AvgIpc) is 3.19. The fraction of sp³-hybridized carbons (Fsp3) is 0.522. The van der Waals surface area contributed by atoms with E-state index < -0.39 is 17.6 Å². The molecule has 0 bridgehead atoms. The smallest absolute Gasteiger partial charge is 0.365 e. The first-order valence-corrected chi connectivity index (χ1v) is 11.4. The van der Waals surface area contributed by atoms with E-state index in [0.29, 0.717) is 0 Å². The number of halogens is 4. The molecule has 2 N–H and O–H groups in total. The van der Waals surface area contributed by atoms with Crippen LogP contribution in [0, 0.1) is 5.82 Å². The summed E-state index contributed by atoms with van der Waals surface area (Å²) >= 11 is 0. The van der Waals surface area contributed by atoms with Gasteiger partial charge >= 0.3 is 6.18 Å². The number of tetrazole rings is 1. The highest BCUT2D eigenvalue weighted by molar-refractivity contribution is 5.67. The largest absolute Gasteiger partial charge is 0.416 e. The summed E-state index contributed by atoms with van der Waals surface area (Å²) in [5, 5.41) is 16.9. The van der Waals surface area contributed by atoms with Crippen LogP contribution in [0.15, 0.2) is 24.4 Å². The zero-order valence-corrected chi connectivity index (χ0v) is 20.9.